The van der Waals surface area contributed by atoms with Crippen LogP contribution in [0.5, 0.6) is 0 Å². The molecule has 0 saturated carbocycles. The molecule has 2 heterocycles. The van der Waals surface area contributed by atoms with E-state index in [1.165, 1.54) is 56.7 Å². The highest BCUT2D eigenvalue weighted by Crippen LogP contribution is 2.28. The van der Waals surface area contributed by atoms with Gasteiger partial charge in [-0.3, -0.25) is 29.0 Å². The van der Waals surface area contributed by atoms with Gasteiger partial charge in [0.05, 0.1) is 42.3 Å². The molecule has 0 spiro atoms. The van der Waals surface area contributed by atoms with Crippen LogP contribution in [0.1, 0.15) is 70.2 Å². The molecule has 2 aliphatic heterocycles. The summed E-state index contributed by atoms with van der Waals surface area (Å²) in [5.41, 5.74) is 21.0. The van der Waals surface area contributed by atoms with Gasteiger partial charge >= 0.3 is 11.9 Å². The van der Waals surface area contributed by atoms with Gasteiger partial charge in [-0.25, -0.2) is 9.59 Å². The molecule has 0 unspecified atom stereocenters. The highest BCUT2D eigenvalue weighted by molar-refractivity contribution is 6.54. The third kappa shape index (κ3) is 11.8. The number of aliphatic imine (C=N–C) groups is 1. The molecule has 0 aliphatic carbocycles. The number of rotatable bonds is 9. The molecule has 0 radical (unpaired) electrons. The van der Waals surface area contributed by atoms with E-state index >= 15 is 0 Å². The summed E-state index contributed by atoms with van der Waals surface area (Å²) in [6.07, 6.45) is 0.309. The minimum Gasteiger partial charge on any atom is -0.465 e. The number of fused-ring (bicyclic) bond motifs is 2. The van der Waals surface area contributed by atoms with Crippen LogP contribution >= 0.6 is 48.0 Å². The summed E-state index contributed by atoms with van der Waals surface area (Å²) in [5, 5.41) is 6.12. The number of hydrogen-bond acceptors (Lipinski definition) is 13. The van der Waals surface area contributed by atoms with Crippen LogP contribution in [0.4, 0.5) is 22.7 Å². The molecule has 0 saturated heterocycles. The molecule has 57 heavy (non-hydrogen) atoms. The predicted octanol–water partition coefficient (Wildman–Crippen LogP) is 5.63. The van der Waals surface area contributed by atoms with Gasteiger partial charge in [0.2, 0.25) is 0 Å². The number of benzene rings is 4. The Hall–Kier alpha value is -5.84. The average molecular weight is 863 g/mol. The van der Waals surface area contributed by atoms with Crippen molar-refractivity contribution < 1.29 is 43.0 Å². The summed E-state index contributed by atoms with van der Waals surface area (Å²) < 4.78 is 9.16. The average Bonchev–Trinajstić information content (AvgIpc) is 3.62. The highest BCUT2D eigenvalue weighted by atomic mass is 35.5. The zero-order chi connectivity index (χ0) is 40.4. The van der Waals surface area contributed by atoms with Crippen molar-refractivity contribution in [3.8, 4) is 0 Å². The molecule has 6 rings (SSSR count). The first kappa shape index (κ1) is 47.3. The molecule has 19 heteroatoms. The molecule has 4 aromatic rings. The maximum atomic E-state index is 12.4. The number of hydrogen-bond donors (Lipinski definition) is 5. The van der Waals surface area contributed by atoms with Crippen molar-refractivity contribution >= 4 is 118 Å². The molecule has 0 fully saturated rings. The van der Waals surface area contributed by atoms with Gasteiger partial charge in [-0.2, -0.15) is 0 Å². The van der Waals surface area contributed by atoms with Crippen LogP contribution in [0.15, 0.2) is 77.8 Å². The molecular formula is C38H36Cl4N6O9. The van der Waals surface area contributed by atoms with Gasteiger partial charge in [0.1, 0.15) is 5.71 Å². The minimum absolute atomic E-state index is 0. The number of esters is 2. The number of amides is 2. The molecular weight excluding hydrogens is 826 g/mol. The summed E-state index contributed by atoms with van der Waals surface area (Å²) >= 11 is 11.6. The number of nitrogens with zero attached hydrogens (tertiary/aromatic N) is 1. The summed E-state index contributed by atoms with van der Waals surface area (Å²) in [6, 6.07) is 18.5. The van der Waals surface area contributed by atoms with Crippen molar-refractivity contribution in [2.24, 2.45) is 10.7 Å². The van der Waals surface area contributed by atoms with Gasteiger partial charge in [-0.05, 0) is 79.3 Å². The first-order chi connectivity index (χ1) is 26.2. The number of ketones is 3. The fourth-order valence-corrected chi connectivity index (χ4v) is 5.54. The van der Waals surface area contributed by atoms with E-state index in [4.69, 9.17) is 40.4 Å². The van der Waals surface area contributed by atoms with Crippen molar-refractivity contribution in [1.82, 2.24) is 0 Å². The Balaban J connectivity index is 0.000000318. The van der Waals surface area contributed by atoms with Crippen LogP contribution in [0.3, 0.4) is 0 Å². The van der Waals surface area contributed by atoms with E-state index < -0.39 is 23.6 Å². The van der Waals surface area contributed by atoms with Crippen LogP contribution in [0, 0.1) is 0 Å². The second-order valence-corrected chi connectivity index (χ2v) is 12.4. The number of carbonyl (C=O) groups is 7. The first-order valence-corrected chi connectivity index (χ1v) is 17.0. The number of nitrogens with two attached hydrogens (primary N) is 3. The molecule has 8 N–H and O–H groups in total. The summed E-state index contributed by atoms with van der Waals surface area (Å²) in [5.74, 6) is -2.79. The first-order valence-electron chi connectivity index (χ1n) is 16.2. The van der Waals surface area contributed by atoms with Crippen LogP contribution in [0.25, 0.3) is 0 Å². The number of ether oxygens (including phenoxy) is 2. The quantitative estimate of drug-likeness (QED) is 0.0595. The van der Waals surface area contributed by atoms with E-state index in [0.29, 0.717) is 49.2 Å². The molecule has 0 atom stereocenters. The van der Waals surface area contributed by atoms with Crippen LogP contribution < -0.4 is 27.8 Å². The number of halogens is 4. The fourth-order valence-electron chi connectivity index (χ4n) is 5.20. The van der Waals surface area contributed by atoms with E-state index in [9.17, 15) is 33.6 Å². The Kier molecular flexibility index (Phi) is 17.8. The number of methoxy groups -OCH3 is 2. The molecule has 2 aliphatic rings. The summed E-state index contributed by atoms with van der Waals surface area (Å²) in [6.45, 7) is 0.402. The molecule has 15 nitrogen and oxygen atoms in total. The number of Topliss-reactive ketones (excluding diaryl/α,β-unsaturated/α-hetero) is 3. The van der Waals surface area contributed by atoms with E-state index in [1.807, 2.05) is 0 Å². The maximum Gasteiger partial charge on any atom is 0.337 e. The molecule has 300 valence electrons. The smallest absolute Gasteiger partial charge is 0.337 e. The number of nitrogen functional groups attached to an aromatic ring is 2. The summed E-state index contributed by atoms with van der Waals surface area (Å²) in [4.78, 5) is 84.8. The Labute approximate surface area is 348 Å². The largest absolute Gasteiger partial charge is 0.465 e. The maximum absolute atomic E-state index is 12.4. The SMILES string of the molecule is COC(=O)c1ccc(C(=O)CCN)c(N)c1.COC(=O)c1ccc(C(=O)CCN=C2C(=O)Nc3cc(Cl)ccc32)c(N)c1.Cl.Cl.O=C1Nc2cc(Cl)ccc2C1=O. The molecule has 2 amide bonds. The van der Waals surface area contributed by atoms with Crippen molar-refractivity contribution in [3.05, 3.63) is 116 Å². The summed E-state index contributed by atoms with van der Waals surface area (Å²) in [7, 11) is 2.55. The lowest BCUT2D eigenvalue weighted by molar-refractivity contribution is -0.112. The van der Waals surface area contributed by atoms with Gasteiger partial charge < -0.3 is 37.3 Å². The van der Waals surface area contributed by atoms with Gasteiger partial charge in [0.15, 0.2) is 11.6 Å². The van der Waals surface area contributed by atoms with E-state index in [0.717, 1.165) is 0 Å². The lowest BCUT2D eigenvalue weighted by atomic mass is 10.0. The molecule has 4 aromatic carbocycles. The Bertz CT molecular complexity index is 2270. The number of anilines is 4. The fraction of sp³-hybridized carbons (Fsp3) is 0.158. The van der Waals surface area contributed by atoms with Crippen LogP contribution in [-0.2, 0) is 19.1 Å². The highest BCUT2D eigenvalue weighted by Gasteiger charge is 2.28. The Morgan fingerprint density at radius 1 is 0.649 bits per heavy atom. The van der Waals surface area contributed by atoms with E-state index in [-0.39, 0.29) is 90.9 Å². The lowest BCUT2D eigenvalue weighted by Crippen LogP contribution is -2.15. The molecule has 0 bridgehead atoms. The normalized spacial score (nSPS) is 12.4. The third-order valence-electron chi connectivity index (χ3n) is 7.91. The van der Waals surface area contributed by atoms with E-state index in [2.05, 4.69) is 25.1 Å². The zero-order valence-electron chi connectivity index (χ0n) is 30.2. The zero-order valence-corrected chi connectivity index (χ0v) is 33.3. The van der Waals surface area contributed by atoms with Crippen molar-refractivity contribution in [2.45, 2.75) is 12.8 Å². The van der Waals surface area contributed by atoms with Crippen LogP contribution in [0.2, 0.25) is 10.0 Å². The van der Waals surface area contributed by atoms with Crippen molar-refractivity contribution in [3.63, 3.8) is 0 Å². The topological polar surface area (TPSA) is 252 Å². The van der Waals surface area contributed by atoms with Crippen molar-refractivity contribution in [1.29, 1.82) is 0 Å². The second kappa shape index (κ2) is 21.5. The monoisotopic (exact) mass is 860 g/mol. The van der Waals surface area contributed by atoms with Gasteiger partial charge in [-0.15, -0.1) is 24.8 Å². The van der Waals surface area contributed by atoms with Gasteiger partial charge in [0, 0.05) is 57.5 Å². The Morgan fingerprint density at radius 3 is 1.58 bits per heavy atom. The van der Waals surface area contributed by atoms with Crippen molar-refractivity contribution in [2.75, 3.05) is 49.4 Å². The van der Waals surface area contributed by atoms with Crippen LogP contribution in [-0.4, -0.2) is 74.1 Å². The van der Waals surface area contributed by atoms with Gasteiger partial charge in [-0.1, -0.05) is 23.2 Å². The number of carbonyl (C=O) groups excluding carboxylic acids is 7. The van der Waals surface area contributed by atoms with E-state index in [1.54, 1.807) is 30.3 Å². The number of nitrogens with one attached hydrogen (secondary N) is 2. The second-order valence-electron chi connectivity index (χ2n) is 11.6. The lowest BCUT2D eigenvalue weighted by Gasteiger charge is -2.06. The molecule has 0 aromatic heterocycles. The Morgan fingerprint density at radius 2 is 1.11 bits per heavy atom. The predicted molar refractivity (Wildman–Crippen MR) is 222 cm³/mol. The van der Waals surface area contributed by atoms with Gasteiger partial charge in [0.25, 0.3) is 17.6 Å². The standard InChI is InChI=1S/C19H16ClN3O4.C11H14N2O3.C8H4ClNO2.2ClH/c1-27-19(26)10-2-4-12(14(21)8-10)16(24)6-7-22-17-13-5-3-11(20)9-15(13)23-18(17)25;1-16-11(15)7-2-3-8(9(13)6-7)10(14)4-5-12;9-4-1-2-5-6(3-4)10-8(12)7(5)11;;/h2-5,8-9H,6-7,21H2,1H3,(H,22,23,25);2-3,6H,4-5,12-13H2,1H3;1-3H,(H,10,11,12);2*1H. The minimum atomic E-state index is -0.590. The third-order valence-corrected chi connectivity index (χ3v) is 8.38.